The van der Waals surface area contributed by atoms with Gasteiger partial charge in [-0.1, -0.05) is 23.4 Å². The van der Waals surface area contributed by atoms with Crippen molar-refractivity contribution in [1.82, 2.24) is 9.97 Å². The van der Waals surface area contributed by atoms with E-state index in [-0.39, 0.29) is 5.91 Å². The van der Waals surface area contributed by atoms with E-state index in [2.05, 4.69) is 37.9 Å². The van der Waals surface area contributed by atoms with Crippen LogP contribution in [0.15, 0.2) is 41.6 Å². The molecule has 0 unspecified atom stereocenters. The number of H-pyrrole nitrogens is 1. The molecule has 1 heterocycles. The molecule has 0 aliphatic rings. The minimum Gasteiger partial charge on any atom is -0.333 e. The Kier molecular flexibility index (Phi) is 5.13. The number of carbonyl (C=O) groups excluding carboxylic acids is 1. The Bertz CT molecular complexity index is 881. The van der Waals surface area contributed by atoms with E-state index in [1.165, 1.54) is 11.8 Å². The molecule has 4 nitrogen and oxygen atoms in total. The lowest BCUT2D eigenvalue weighted by Crippen LogP contribution is -2.15. The number of anilines is 1. The topological polar surface area (TPSA) is 57.8 Å². The van der Waals surface area contributed by atoms with Crippen molar-refractivity contribution < 1.29 is 4.79 Å². The average Bonchev–Trinajstić information content (AvgIpc) is 2.90. The van der Waals surface area contributed by atoms with Crippen LogP contribution in [0.4, 0.5) is 5.69 Å². The summed E-state index contributed by atoms with van der Waals surface area (Å²) in [4.78, 5) is 19.7. The molecule has 0 fully saturated rings. The molecule has 0 saturated heterocycles. The van der Waals surface area contributed by atoms with E-state index in [9.17, 15) is 4.79 Å². The largest absolute Gasteiger partial charge is 0.333 e. The fraction of sp³-hybridized carbons (Fsp3) is 0.125. The summed E-state index contributed by atoms with van der Waals surface area (Å²) in [5.74, 6) is 0.233. The van der Waals surface area contributed by atoms with Gasteiger partial charge in [0.25, 0.3) is 0 Å². The second-order valence-corrected chi connectivity index (χ2v) is 7.65. The van der Waals surface area contributed by atoms with Gasteiger partial charge in [-0.3, -0.25) is 4.79 Å². The summed E-state index contributed by atoms with van der Waals surface area (Å²) in [6.45, 7) is 1.98. The quantitative estimate of drug-likeness (QED) is 0.434. The van der Waals surface area contributed by atoms with Crippen molar-refractivity contribution in [2.45, 2.75) is 12.1 Å². The summed E-state index contributed by atoms with van der Waals surface area (Å²) in [5.41, 5.74) is 3.60. The molecule has 3 aromatic rings. The van der Waals surface area contributed by atoms with Gasteiger partial charge in [-0.05, 0) is 71.5 Å². The summed E-state index contributed by atoms with van der Waals surface area (Å²) >= 11 is 9.57. The molecule has 1 aromatic heterocycles. The number of rotatable bonds is 4. The maximum absolute atomic E-state index is 12.1. The smallest absolute Gasteiger partial charge is 0.234 e. The van der Waals surface area contributed by atoms with E-state index in [0.29, 0.717) is 15.9 Å². The first-order valence-electron chi connectivity index (χ1n) is 6.85. The Morgan fingerprint density at radius 3 is 2.96 bits per heavy atom. The van der Waals surface area contributed by atoms with E-state index in [4.69, 9.17) is 11.6 Å². The van der Waals surface area contributed by atoms with Gasteiger partial charge in [-0.2, -0.15) is 0 Å². The summed E-state index contributed by atoms with van der Waals surface area (Å²) in [7, 11) is 0. The van der Waals surface area contributed by atoms with Crippen LogP contribution in [0.3, 0.4) is 0 Å². The lowest BCUT2D eigenvalue weighted by atomic mass is 10.2. The second-order valence-electron chi connectivity index (χ2n) is 5.00. The number of hydrogen-bond donors (Lipinski definition) is 2. The monoisotopic (exact) mass is 457 g/mol. The van der Waals surface area contributed by atoms with Gasteiger partial charge in [0.2, 0.25) is 5.91 Å². The molecule has 3 rings (SSSR count). The van der Waals surface area contributed by atoms with E-state index >= 15 is 0 Å². The zero-order valence-electron chi connectivity index (χ0n) is 12.2. The number of aryl methyl sites for hydroxylation is 1. The number of aromatic amines is 1. The summed E-state index contributed by atoms with van der Waals surface area (Å²) in [6.07, 6.45) is 0. The number of aromatic nitrogens is 2. The predicted molar refractivity (Wildman–Crippen MR) is 104 cm³/mol. The van der Waals surface area contributed by atoms with Crippen molar-refractivity contribution in [3.63, 3.8) is 0 Å². The highest BCUT2D eigenvalue weighted by Crippen LogP contribution is 2.23. The molecule has 2 N–H and O–H groups in total. The Hall–Kier alpha value is -1.25. The van der Waals surface area contributed by atoms with Crippen LogP contribution in [0.2, 0.25) is 5.02 Å². The van der Waals surface area contributed by atoms with Crippen molar-refractivity contribution in [1.29, 1.82) is 0 Å². The van der Waals surface area contributed by atoms with Gasteiger partial charge in [-0.25, -0.2) is 4.98 Å². The van der Waals surface area contributed by atoms with Crippen molar-refractivity contribution in [2.24, 2.45) is 0 Å². The second kappa shape index (κ2) is 7.11. The zero-order valence-corrected chi connectivity index (χ0v) is 15.9. The van der Waals surface area contributed by atoms with Crippen molar-refractivity contribution in [3.8, 4) is 0 Å². The lowest BCUT2D eigenvalue weighted by molar-refractivity contribution is -0.113. The molecular formula is C16H13ClIN3OS. The van der Waals surface area contributed by atoms with Gasteiger partial charge in [0.15, 0.2) is 5.16 Å². The van der Waals surface area contributed by atoms with Gasteiger partial charge >= 0.3 is 0 Å². The molecule has 0 aliphatic carbocycles. The molecule has 23 heavy (non-hydrogen) atoms. The average molecular weight is 458 g/mol. The lowest BCUT2D eigenvalue weighted by Gasteiger charge is -2.08. The highest BCUT2D eigenvalue weighted by atomic mass is 127. The fourth-order valence-electron chi connectivity index (χ4n) is 2.11. The van der Waals surface area contributed by atoms with Crippen LogP contribution in [-0.4, -0.2) is 21.6 Å². The van der Waals surface area contributed by atoms with E-state index in [1.54, 1.807) is 6.07 Å². The molecule has 1 amide bonds. The molecule has 0 spiro atoms. The Labute approximate surface area is 156 Å². The standard InChI is InChI=1S/C16H13ClIN3OS/c1-9-6-11(18)3-5-12(9)19-15(22)8-23-16-20-13-4-2-10(17)7-14(13)21-16/h2-7H,8H2,1H3,(H,19,22)(H,20,21). The number of fused-ring (bicyclic) bond motifs is 1. The first-order valence-corrected chi connectivity index (χ1v) is 9.29. The third-order valence-electron chi connectivity index (χ3n) is 3.22. The number of thioether (sulfide) groups is 1. The molecular weight excluding hydrogens is 445 g/mol. The molecule has 0 atom stereocenters. The third kappa shape index (κ3) is 4.19. The normalized spacial score (nSPS) is 10.9. The highest BCUT2D eigenvalue weighted by Gasteiger charge is 2.09. The number of amides is 1. The van der Waals surface area contributed by atoms with Crippen molar-refractivity contribution in [2.75, 3.05) is 11.1 Å². The highest BCUT2D eigenvalue weighted by molar-refractivity contribution is 14.1. The number of hydrogen-bond acceptors (Lipinski definition) is 3. The van der Waals surface area contributed by atoms with Crippen LogP contribution < -0.4 is 5.32 Å². The first-order chi connectivity index (χ1) is 11.0. The van der Waals surface area contributed by atoms with Crippen LogP contribution in [0.1, 0.15) is 5.56 Å². The Balaban J connectivity index is 1.63. The van der Waals surface area contributed by atoms with Gasteiger partial charge in [0.1, 0.15) is 0 Å². The number of nitrogens with one attached hydrogen (secondary N) is 2. The molecule has 0 aliphatic heterocycles. The number of nitrogens with zero attached hydrogens (tertiary/aromatic N) is 1. The van der Waals surface area contributed by atoms with Crippen LogP contribution >= 0.6 is 46.0 Å². The molecule has 0 bridgehead atoms. The summed E-state index contributed by atoms with van der Waals surface area (Å²) in [6, 6.07) is 11.4. The van der Waals surface area contributed by atoms with Gasteiger partial charge < -0.3 is 10.3 Å². The fourth-order valence-corrected chi connectivity index (χ4v) is 3.62. The number of benzene rings is 2. The van der Waals surface area contributed by atoms with Gasteiger partial charge in [0.05, 0.1) is 16.8 Å². The SMILES string of the molecule is Cc1cc(I)ccc1NC(=O)CSc1nc2ccc(Cl)cc2[nH]1. The van der Waals surface area contributed by atoms with E-state index < -0.39 is 0 Å². The molecule has 0 radical (unpaired) electrons. The van der Waals surface area contributed by atoms with Crippen LogP contribution in [0, 0.1) is 10.5 Å². The van der Waals surface area contributed by atoms with E-state index in [0.717, 1.165) is 25.9 Å². The Morgan fingerprint density at radius 2 is 2.17 bits per heavy atom. The molecule has 7 heteroatoms. The Morgan fingerprint density at radius 1 is 1.35 bits per heavy atom. The number of halogens is 2. The number of carbonyl (C=O) groups is 1. The maximum atomic E-state index is 12.1. The summed E-state index contributed by atoms with van der Waals surface area (Å²) < 4.78 is 1.15. The molecule has 2 aromatic carbocycles. The van der Waals surface area contributed by atoms with Gasteiger partial charge in [-0.15, -0.1) is 0 Å². The van der Waals surface area contributed by atoms with Crippen molar-refractivity contribution >= 4 is 68.6 Å². The van der Waals surface area contributed by atoms with Gasteiger partial charge in [0, 0.05) is 14.3 Å². The first kappa shape index (κ1) is 16.6. The third-order valence-corrected chi connectivity index (χ3v) is 5.00. The predicted octanol–water partition coefficient (Wildman–Crippen LogP) is 4.86. The van der Waals surface area contributed by atoms with Crippen LogP contribution in [0.5, 0.6) is 0 Å². The minimum absolute atomic E-state index is 0.0576. The zero-order chi connectivity index (χ0) is 16.4. The number of imidazole rings is 1. The molecule has 0 saturated carbocycles. The summed E-state index contributed by atoms with van der Waals surface area (Å²) in [5, 5.41) is 4.29. The molecule has 118 valence electrons. The minimum atomic E-state index is -0.0576. The van der Waals surface area contributed by atoms with Crippen molar-refractivity contribution in [3.05, 3.63) is 50.6 Å². The van der Waals surface area contributed by atoms with Crippen LogP contribution in [-0.2, 0) is 4.79 Å². The van der Waals surface area contributed by atoms with E-state index in [1.807, 2.05) is 37.3 Å². The maximum Gasteiger partial charge on any atom is 0.234 e. The van der Waals surface area contributed by atoms with Crippen LogP contribution in [0.25, 0.3) is 11.0 Å².